The average molecular weight is 405 g/mol. The standard InChI is InChI=1S/C20H25N2O5S/c1-15(2)20(21-14-18(23)11-8-16-6-4-3-5-7-16)28(26,27)19-12-9-17(10-13-19)22(24)25/h3-7,9-13,15,18,20-21,23H,8,14H2,1-2H3/t18-,20+/m1/s1. The van der Waals surface area contributed by atoms with Gasteiger partial charge in [0.15, 0.2) is 9.84 Å². The van der Waals surface area contributed by atoms with E-state index in [1.807, 2.05) is 30.3 Å². The maximum Gasteiger partial charge on any atom is 0.269 e. The monoisotopic (exact) mass is 405 g/mol. The van der Waals surface area contributed by atoms with Gasteiger partial charge in [-0.2, -0.15) is 0 Å². The largest absolute Gasteiger partial charge is 0.391 e. The van der Waals surface area contributed by atoms with E-state index in [4.69, 9.17) is 0 Å². The first-order valence-electron chi connectivity index (χ1n) is 8.99. The molecule has 0 amide bonds. The second-order valence-corrected chi connectivity index (χ2v) is 8.93. The lowest BCUT2D eigenvalue weighted by Crippen LogP contribution is -2.44. The summed E-state index contributed by atoms with van der Waals surface area (Å²) in [4.78, 5) is 10.2. The van der Waals surface area contributed by atoms with E-state index in [9.17, 15) is 23.6 Å². The molecule has 2 atom stereocenters. The van der Waals surface area contributed by atoms with E-state index < -0.39 is 26.2 Å². The predicted molar refractivity (Wildman–Crippen MR) is 107 cm³/mol. The molecule has 2 rings (SSSR count). The zero-order valence-electron chi connectivity index (χ0n) is 15.9. The Hall–Kier alpha value is -2.29. The van der Waals surface area contributed by atoms with Crippen LogP contribution < -0.4 is 5.32 Å². The number of hydrogen-bond acceptors (Lipinski definition) is 6. The second kappa shape index (κ2) is 9.77. The van der Waals surface area contributed by atoms with Crippen molar-refractivity contribution in [3.8, 4) is 0 Å². The number of nitrogens with one attached hydrogen (secondary N) is 1. The lowest BCUT2D eigenvalue weighted by molar-refractivity contribution is -0.384. The first-order chi connectivity index (χ1) is 13.2. The van der Waals surface area contributed by atoms with Crippen molar-refractivity contribution in [1.82, 2.24) is 5.32 Å². The molecule has 0 saturated carbocycles. The lowest BCUT2D eigenvalue weighted by atomic mass is 10.1. The van der Waals surface area contributed by atoms with E-state index in [1.165, 1.54) is 24.3 Å². The summed E-state index contributed by atoms with van der Waals surface area (Å²) in [7, 11) is -3.76. The van der Waals surface area contributed by atoms with Crippen molar-refractivity contribution in [2.75, 3.05) is 6.54 Å². The molecule has 0 aliphatic heterocycles. The molecule has 1 radical (unpaired) electrons. The summed E-state index contributed by atoms with van der Waals surface area (Å²) in [5.74, 6) is -0.262. The van der Waals surface area contributed by atoms with E-state index >= 15 is 0 Å². The minimum Gasteiger partial charge on any atom is -0.391 e. The van der Waals surface area contributed by atoms with Crippen molar-refractivity contribution in [2.45, 2.75) is 36.6 Å². The van der Waals surface area contributed by atoms with Crippen LogP contribution in [0.3, 0.4) is 0 Å². The summed E-state index contributed by atoms with van der Waals surface area (Å²) in [6, 6.07) is 14.5. The van der Waals surface area contributed by atoms with Crippen molar-refractivity contribution in [2.24, 2.45) is 5.92 Å². The van der Waals surface area contributed by atoms with Crippen molar-refractivity contribution in [3.63, 3.8) is 0 Å². The predicted octanol–water partition coefficient (Wildman–Crippen LogP) is 2.75. The van der Waals surface area contributed by atoms with E-state index in [0.29, 0.717) is 6.42 Å². The van der Waals surface area contributed by atoms with Crippen LogP contribution in [-0.2, 0) is 16.3 Å². The third-order valence-electron chi connectivity index (χ3n) is 4.31. The molecule has 2 N–H and O–H groups in total. The fourth-order valence-electron chi connectivity index (χ4n) is 2.81. The topological polar surface area (TPSA) is 110 Å². The van der Waals surface area contributed by atoms with Crippen LogP contribution in [0.5, 0.6) is 0 Å². The van der Waals surface area contributed by atoms with Crippen LogP contribution in [0, 0.1) is 22.5 Å². The van der Waals surface area contributed by atoms with Crippen LogP contribution in [0.1, 0.15) is 19.4 Å². The Kier molecular flexibility index (Phi) is 7.68. The van der Waals surface area contributed by atoms with Crippen LogP contribution in [-0.4, -0.2) is 36.5 Å². The van der Waals surface area contributed by atoms with Gasteiger partial charge in [0.05, 0.1) is 15.9 Å². The Morgan fingerprint density at radius 3 is 2.25 bits per heavy atom. The second-order valence-electron chi connectivity index (χ2n) is 6.86. The third-order valence-corrected chi connectivity index (χ3v) is 6.62. The van der Waals surface area contributed by atoms with Crippen molar-refractivity contribution >= 4 is 15.5 Å². The van der Waals surface area contributed by atoms with Gasteiger partial charge in [0.2, 0.25) is 0 Å². The number of sulfone groups is 1. The van der Waals surface area contributed by atoms with Gasteiger partial charge in [0.1, 0.15) is 5.37 Å². The van der Waals surface area contributed by atoms with Gasteiger partial charge in [0, 0.05) is 18.7 Å². The van der Waals surface area contributed by atoms with E-state index in [0.717, 1.165) is 5.56 Å². The first kappa shape index (κ1) is 22.0. The van der Waals surface area contributed by atoms with Crippen LogP contribution in [0.15, 0.2) is 59.5 Å². The van der Waals surface area contributed by atoms with E-state index in [-0.39, 0.29) is 23.0 Å². The van der Waals surface area contributed by atoms with Gasteiger partial charge in [-0.3, -0.25) is 15.4 Å². The highest BCUT2D eigenvalue weighted by atomic mass is 32.2. The highest BCUT2D eigenvalue weighted by Crippen LogP contribution is 2.22. The SMILES string of the molecule is CC(C)[C@@H](NC[C@H](O)[CH]Cc1ccccc1)S(=O)(=O)c1ccc([N+](=O)[O-])cc1. The minimum absolute atomic E-state index is 0.00653. The number of non-ortho nitro benzene ring substituents is 1. The minimum atomic E-state index is -3.76. The zero-order chi connectivity index (χ0) is 20.7. The molecule has 0 fully saturated rings. The molecular weight excluding hydrogens is 380 g/mol. The van der Waals surface area contributed by atoms with Gasteiger partial charge in [-0.1, -0.05) is 44.2 Å². The molecule has 2 aromatic rings. The van der Waals surface area contributed by atoms with Gasteiger partial charge < -0.3 is 5.11 Å². The maximum absolute atomic E-state index is 12.9. The van der Waals surface area contributed by atoms with Crippen LogP contribution >= 0.6 is 0 Å². The zero-order valence-corrected chi connectivity index (χ0v) is 16.7. The average Bonchev–Trinajstić information content (AvgIpc) is 2.67. The highest BCUT2D eigenvalue weighted by molar-refractivity contribution is 7.92. The number of hydrogen-bond donors (Lipinski definition) is 2. The fourth-order valence-corrected chi connectivity index (χ4v) is 4.66. The Labute approximate surface area is 165 Å². The summed E-state index contributed by atoms with van der Waals surface area (Å²) in [6.45, 7) is 3.61. The molecule has 0 aliphatic carbocycles. The Morgan fingerprint density at radius 1 is 1.11 bits per heavy atom. The Bertz CT molecular complexity index is 867. The molecule has 0 unspecified atom stereocenters. The molecule has 151 valence electrons. The number of nitrogens with zero attached hydrogens (tertiary/aromatic N) is 1. The summed E-state index contributed by atoms with van der Waals surface area (Å²) < 4.78 is 25.8. The highest BCUT2D eigenvalue weighted by Gasteiger charge is 2.30. The van der Waals surface area contributed by atoms with Gasteiger partial charge in [-0.15, -0.1) is 0 Å². The molecule has 0 saturated heterocycles. The molecule has 0 aliphatic rings. The number of benzene rings is 2. The number of nitro benzene ring substituents is 1. The van der Waals surface area contributed by atoms with E-state index in [1.54, 1.807) is 20.3 Å². The summed E-state index contributed by atoms with van der Waals surface area (Å²) >= 11 is 0. The fraction of sp³-hybridized carbons (Fsp3) is 0.350. The number of aliphatic hydroxyl groups is 1. The molecular formula is C20H25N2O5S. The van der Waals surface area contributed by atoms with Crippen LogP contribution in [0.25, 0.3) is 0 Å². The Balaban J connectivity index is 2.02. The summed E-state index contributed by atoms with van der Waals surface area (Å²) in [5, 5.41) is 23.0. The van der Waals surface area contributed by atoms with Crippen LogP contribution in [0.2, 0.25) is 0 Å². The molecule has 8 heteroatoms. The number of nitro groups is 1. The quantitative estimate of drug-likeness (QED) is 0.465. The molecule has 0 spiro atoms. The van der Waals surface area contributed by atoms with Gasteiger partial charge >= 0.3 is 0 Å². The maximum atomic E-state index is 12.9. The van der Waals surface area contributed by atoms with Gasteiger partial charge in [0.25, 0.3) is 5.69 Å². The molecule has 7 nitrogen and oxygen atoms in total. The van der Waals surface area contributed by atoms with Gasteiger partial charge in [-0.05, 0) is 36.5 Å². The van der Waals surface area contributed by atoms with Gasteiger partial charge in [-0.25, -0.2) is 8.42 Å². The molecule has 0 aromatic heterocycles. The van der Waals surface area contributed by atoms with Crippen molar-refractivity contribution in [3.05, 3.63) is 76.7 Å². The normalized spacial score (nSPS) is 14.0. The smallest absolute Gasteiger partial charge is 0.269 e. The van der Waals surface area contributed by atoms with Crippen molar-refractivity contribution < 1.29 is 18.4 Å². The first-order valence-corrected chi connectivity index (χ1v) is 10.5. The van der Waals surface area contributed by atoms with E-state index in [2.05, 4.69) is 5.32 Å². The molecule has 2 aromatic carbocycles. The van der Waals surface area contributed by atoms with Crippen LogP contribution in [0.4, 0.5) is 5.69 Å². The summed E-state index contributed by atoms with van der Waals surface area (Å²) in [6.07, 6.45) is 1.48. The molecule has 28 heavy (non-hydrogen) atoms. The number of rotatable bonds is 10. The molecule has 0 bridgehead atoms. The Morgan fingerprint density at radius 2 is 1.71 bits per heavy atom. The lowest BCUT2D eigenvalue weighted by Gasteiger charge is -2.24. The molecule has 0 heterocycles. The summed E-state index contributed by atoms with van der Waals surface area (Å²) in [5.41, 5.74) is 0.888. The third kappa shape index (κ3) is 5.85. The number of aliphatic hydroxyl groups excluding tert-OH is 1. The van der Waals surface area contributed by atoms with Crippen molar-refractivity contribution in [1.29, 1.82) is 0 Å².